The van der Waals surface area contributed by atoms with Crippen LogP contribution in [0.4, 0.5) is 0 Å². The molecule has 0 saturated heterocycles. The van der Waals surface area contributed by atoms with Crippen molar-refractivity contribution >= 4 is 5.96 Å². The maximum Gasteiger partial charge on any atom is 0.191 e. The summed E-state index contributed by atoms with van der Waals surface area (Å²) in [6, 6.07) is 18.5. The first-order valence-corrected chi connectivity index (χ1v) is 9.08. The van der Waals surface area contributed by atoms with E-state index in [2.05, 4.69) is 52.9 Å². The summed E-state index contributed by atoms with van der Waals surface area (Å²) in [5.41, 5.74) is 2.43. The SMILES string of the molecule is CCNC(=NCc1cccc(OCCOC)c1)NCCc1ccccc1. The fraction of sp³-hybridized carbons (Fsp3) is 0.381. The summed E-state index contributed by atoms with van der Waals surface area (Å²) in [6.45, 7) is 5.47. The minimum Gasteiger partial charge on any atom is -0.491 e. The van der Waals surface area contributed by atoms with Crippen molar-refractivity contribution in [3.63, 3.8) is 0 Å². The van der Waals surface area contributed by atoms with Crippen LogP contribution in [0.2, 0.25) is 0 Å². The Labute approximate surface area is 156 Å². The maximum absolute atomic E-state index is 5.65. The molecule has 5 nitrogen and oxygen atoms in total. The molecule has 2 aromatic carbocycles. The molecule has 0 aliphatic carbocycles. The summed E-state index contributed by atoms with van der Waals surface area (Å²) in [7, 11) is 1.67. The van der Waals surface area contributed by atoms with Crippen LogP contribution in [0.25, 0.3) is 0 Å². The molecule has 140 valence electrons. The Morgan fingerprint density at radius 1 is 0.962 bits per heavy atom. The number of hydrogen-bond acceptors (Lipinski definition) is 3. The normalized spacial score (nSPS) is 11.2. The smallest absolute Gasteiger partial charge is 0.191 e. The number of guanidine groups is 1. The number of rotatable bonds is 10. The zero-order valence-electron chi connectivity index (χ0n) is 15.7. The highest BCUT2D eigenvalue weighted by molar-refractivity contribution is 5.79. The van der Waals surface area contributed by atoms with Crippen molar-refractivity contribution in [1.29, 1.82) is 0 Å². The molecular formula is C21H29N3O2. The Morgan fingerprint density at radius 2 is 1.77 bits per heavy atom. The predicted octanol–water partition coefficient (Wildman–Crippen LogP) is 3.01. The average Bonchev–Trinajstić information content (AvgIpc) is 2.67. The van der Waals surface area contributed by atoms with E-state index >= 15 is 0 Å². The largest absolute Gasteiger partial charge is 0.491 e. The molecule has 0 spiro atoms. The minimum atomic E-state index is 0.549. The van der Waals surface area contributed by atoms with Crippen LogP contribution in [-0.4, -0.2) is 39.4 Å². The lowest BCUT2D eigenvalue weighted by Crippen LogP contribution is -2.38. The zero-order chi connectivity index (χ0) is 18.5. The van der Waals surface area contributed by atoms with Gasteiger partial charge in [0.2, 0.25) is 0 Å². The van der Waals surface area contributed by atoms with Gasteiger partial charge in [0, 0.05) is 20.2 Å². The third-order valence-corrected chi connectivity index (χ3v) is 3.77. The van der Waals surface area contributed by atoms with Gasteiger partial charge in [0.25, 0.3) is 0 Å². The van der Waals surface area contributed by atoms with Gasteiger partial charge in [0.1, 0.15) is 12.4 Å². The number of aliphatic imine (C=N–C) groups is 1. The van der Waals surface area contributed by atoms with E-state index < -0.39 is 0 Å². The van der Waals surface area contributed by atoms with Crippen LogP contribution in [0, 0.1) is 0 Å². The molecule has 0 aliphatic heterocycles. The van der Waals surface area contributed by atoms with E-state index in [1.54, 1.807) is 7.11 Å². The van der Waals surface area contributed by atoms with Crippen molar-refractivity contribution in [3.05, 3.63) is 65.7 Å². The van der Waals surface area contributed by atoms with Crippen molar-refractivity contribution in [1.82, 2.24) is 10.6 Å². The van der Waals surface area contributed by atoms with Crippen LogP contribution in [0.3, 0.4) is 0 Å². The number of ether oxygens (including phenoxy) is 2. The quantitative estimate of drug-likeness (QED) is 0.391. The first-order valence-electron chi connectivity index (χ1n) is 9.08. The maximum atomic E-state index is 5.65. The van der Waals surface area contributed by atoms with Gasteiger partial charge in [-0.2, -0.15) is 0 Å². The standard InChI is InChI=1S/C21H29N3O2/c1-3-22-21(23-13-12-18-8-5-4-6-9-18)24-17-19-10-7-11-20(16-19)26-15-14-25-2/h4-11,16H,3,12-15,17H2,1-2H3,(H2,22,23,24). The Bertz CT molecular complexity index is 659. The fourth-order valence-corrected chi connectivity index (χ4v) is 2.46. The summed E-state index contributed by atoms with van der Waals surface area (Å²) in [5.74, 6) is 1.67. The lowest BCUT2D eigenvalue weighted by molar-refractivity contribution is 0.146. The van der Waals surface area contributed by atoms with E-state index in [9.17, 15) is 0 Å². The first kappa shape index (κ1) is 19.8. The van der Waals surface area contributed by atoms with E-state index in [0.717, 1.165) is 36.8 Å². The molecule has 0 radical (unpaired) electrons. The van der Waals surface area contributed by atoms with Crippen molar-refractivity contribution in [2.45, 2.75) is 19.9 Å². The average molecular weight is 355 g/mol. The molecule has 0 aliphatic rings. The topological polar surface area (TPSA) is 54.9 Å². The molecule has 0 bridgehead atoms. The van der Waals surface area contributed by atoms with Gasteiger partial charge in [-0.3, -0.25) is 0 Å². The second-order valence-electron chi connectivity index (χ2n) is 5.85. The molecule has 0 amide bonds. The number of hydrogen-bond donors (Lipinski definition) is 2. The van der Waals surface area contributed by atoms with Crippen LogP contribution in [0.1, 0.15) is 18.1 Å². The van der Waals surface area contributed by atoms with E-state index in [-0.39, 0.29) is 0 Å². The number of methoxy groups -OCH3 is 1. The van der Waals surface area contributed by atoms with E-state index in [1.165, 1.54) is 5.56 Å². The molecule has 0 saturated carbocycles. The van der Waals surface area contributed by atoms with Crippen molar-refractivity contribution in [2.24, 2.45) is 4.99 Å². The van der Waals surface area contributed by atoms with Gasteiger partial charge in [-0.25, -0.2) is 4.99 Å². The molecule has 26 heavy (non-hydrogen) atoms. The summed E-state index contributed by atoms with van der Waals surface area (Å²) in [4.78, 5) is 4.67. The lowest BCUT2D eigenvalue weighted by Gasteiger charge is -2.12. The number of benzene rings is 2. The highest BCUT2D eigenvalue weighted by atomic mass is 16.5. The minimum absolute atomic E-state index is 0.549. The predicted molar refractivity (Wildman–Crippen MR) is 107 cm³/mol. The fourth-order valence-electron chi connectivity index (χ4n) is 2.46. The highest BCUT2D eigenvalue weighted by Crippen LogP contribution is 2.14. The van der Waals surface area contributed by atoms with E-state index in [1.807, 2.05) is 24.3 Å². The van der Waals surface area contributed by atoms with Gasteiger partial charge in [-0.05, 0) is 36.6 Å². The van der Waals surface area contributed by atoms with E-state index in [4.69, 9.17) is 9.47 Å². The van der Waals surface area contributed by atoms with Gasteiger partial charge in [-0.15, -0.1) is 0 Å². The molecular weight excluding hydrogens is 326 g/mol. The number of nitrogens with zero attached hydrogens (tertiary/aromatic N) is 1. The summed E-state index contributed by atoms with van der Waals surface area (Å²) in [6.07, 6.45) is 0.966. The molecule has 0 fully saturated rings. The summed E-state index contributed by atoms with van der Waals surface area (Å²) in [5, 5.41) is 6.67. The van der Waals surface area contributed by atoms with E-state index in [0.29, 0.717) is 19.8 Å². The molecule has 0 atom stereocenters. The Morgan fingerprint density at radius 3 is 2.54 bits per heavy atom. The van der Waals surface area contributed by atoms with Crippen molar-refractivity contribution in [3.8, 4) is 5.75 Å². The van der Waals surface area contributed by atoms with Gasteiger partial charge >= 0.3 is 0 Å². The van der Waals surface area contributed by atoms with Gasteiger partial charge in [0.15, 0.2) is 5.96 Å². The highest BCUT2D eigenvalue weighted by Gasteiger charge is 2.00. The Kier molecular flexibility index (Phi) is 9.08. The second-order valence-corrected chi connectivity index (χ2v) is 5.85. The van der Waals surface area contributed by atoms with Crippen molar-refractivity contribution < 1.29 is 9.47 Å². The third-order valence-electron chi connectivity index (χ3n) is 3.77. The third kappa shape index (κ3) is 7.57. The Hall–Kier alpha value is -2.53. The molecule has 0 aromatic heterocycles. The summed E-state index contributed by atoms with van der Waals surface area (Å²) >= 11 is 0. The summed E-state index contributed by atoms with van der Waals surface area (Å²) < 4.78 is 10.7. The van der Waals surface area contributed by atoms with Gasteiger partial charge < -0.3 is 20.1 Å². The van der Waals surface area contributed by atoms with Crippen LogP contribution < -0.4 is 15.4 Å². The molecule has 2 rings (SSSR count). The molecule has 0 heterocycles. The van der Waals surface area contributed by atoms with Crippen LogP contribution in [-0.2, 0) is 17.7 Å². The van der Waals surface area contributed by atoms with Crippen LogP contribution >= 0.6 is 0 Å². The molecule has 2 aromatic rings. The first-order chi connectivity index (χ1) is 12.8. The zero-order valence-corrected chi connectivity index (χ0v) is 15.7. The van der Waals surface area contributed by atoms with Crippen LogP contribution in [0.15, 0.2) is 59.6 Å². The molecule has 2 N–H and O–H groups in total. The monoisotopic (exact) mass is 355 g/mol. The second kappa shape index (κ2) is 11.9. The van der Waals surface area contributed by atoms with Crippen molar-refractivity contribution in [2.75, 3.05) is 33.4 Å². The lowest BCUT2D eigenvalue weighted by atomic mass is 10.1. The molecule has 0 unspecified atom stereocenters. The molecule has 5 heteroatoms. The van der Waals surface area contributed by atoms with Gasteiger partial charge in [0.05, 0.1) is 13.2 Å². The number of nitrogens with one attached hydrogen (secondary N) is 2. The van der Waals surface area contributed by atoms with Gasteiger partial charge in [-0.1, -0.05) is 42.5 Å². The Balaban J connectivity index is 1.86. The van der Waals surface area contributed by atoms with Crippen LogP contribution in [0.5, 0.6) is 5.75 Å².